The van der Waals surface area contributed by atoms with Crippen LogP contribution in [0.3, 0.4) is 0 Å². The van der Waals surface area contributed by atoms with Crippen LogP contribution in [0.1, 0.15) is 0 Å². The maximum absolute atomic E-state index is 4.03. The van der Waals surface area contributed by atoms with E-state index >= 15 is 0 Å². The van der Waals surface area contributed by atoms with Crippen LogP contribution >= 0.6 is 19.2 Å². The highest BCUT2D eigenvalue weighted by atomic mass is 32.7. The van der Waals surface area contributed by atoms with Crippen LogP contribution in [0.15, 0.2) is 23.6 Å². The monoisotopic (exact) mass is 158 g/mol. The Morgan fingerprint density at radius 2 is 2.11 bits per heavy atom. The summed E-state index contributed by atoms with van der Waals surface area (Å²) in [5.41, 5.74) is 0. The van der Waals surface area contributed by atoms with E-state index in [0.29, 0.717) is 0 Å². The van der Waals surface area contributed by atoms with E-state index in [1.54, 1.807) is 23.8 Å². The zero-order valence-electron chi connectivity index (χ0n) is 5.03. The molecule has 2 nitrogen and oxygen atoms in total. The summed E-state index contributed by atoms with van der Waals surface area (Å²) in [5, 5.41) is 0.873. The molecule has 0 saturated heterocycles. The lowest BCUT2D eigenvalue weighted by atomic mass is 10.7. The number of hydrogen-bond donors (Lipinski definition) is 0. The second kappa shape index (κ2) is 3.80. The van der Waals surface area contributed by atoms with Crippen LogP contribution in [0.25, 0.3) is 0 Å². The molecule has 0 aliphatic heterocycles. The predicted octanol–water partition coefficient (Wildman–Crippen LogP) is 1.79. The highest BCUT2D eigenvalue weighted by Gasteiger charge is 1.88. The van der Waals surface area contributed by atoms with E-state index in [1.807, 2.05) is 6.07 Å². The van der Waals surface area contributed by atoms with Gasteiger partial charge in [0.25, 0.3) is 0 Å². The first-order valence-corrected chi connectivity index (χ1v) is 5.58. The first-order valence-electron chi connectivity index (χ1n) is 2.54. The largest absolute Gasteiger partial charge is 0.231 e. The Balaban J connectivity index is 2.61. The lowest BCUT2D eigenvalue weighted by Gasteiger charge is -1.91. The lowest BCUT2D eigenvalue weighted by Crippen LogP contribution is -1.78. The Labute approximate surface area is 60.0 Å². The van der Waals surface area contributed by atoms with Crippen molar-refractivity contribution in [3.05, 3.63) is 18.5 Å². The molecule has 0 radical (unpaired) electrons. The average molecular weight is 158 g/mol. The second-order valence-corrected chi connectivity index (χ2v) is 4.15. The summed E-state index contributed by atoms with van der Waals surface area (Å²) in [5.74, 6) is 0. The SMILES string of the molecule is CPSc1ncccn1. The van der Waals surface area contributed by atoms with Crippen molar-refractivity contribution in [3.63, 3.8) is 0 Å². The van der Waals surface area contributed by atoms with E-state index in [4.69, 9.17) is 0 Å². The van der Waals surface area contributed by atoms with Crippen molar-refractivity contribution in [1.29, 1.82) is 0 Å². The summed E-state index contributed by atoms with van der Waals surface area (Å²) >= 11 is 1.68. The normalized spacial score (nSPS) is 10.8. The van der Waals surface area contributed by atoms with Crippen LogP contribution in [-0.2, 0) is 0 Å². The van der Waals surface area contributed by atoms with Crippen LogP contribution in [0, 0.1) is 0 Å². The van der Waals surface area contributed by atoms with E-state index in [2.05, 4.69) is 16.6 Å². The van der Waals surface area contributed by atoms with Gasteiger partial charge in [0.15, 0.2) is 5.16 Å². The first kappa shape index (κ1) is 6.97. The van der Waals surface area contributed by atoms with Gasteiger partial charge in [-0.05, 0) is 12.7 Å². The number of rotatable bonds is 2. The Hall–Kier alpha value is -0.140. The fourth-order valence-electron chi connectivity index (χ4n) is 0.429. The minimum Gasteiger partial charge on any atom is -0.231 e. The second-order valence-electron chi connectivity index (χ2n) is 1.34. The Morgan fingerprint density at radius 3 is 2.67 bits per heavy atom. The molecule has 1 atom stereocenters. The fourth-order valence-corrected chi connectivity index (χ4v) is 1.70. The molecule has 1 rings (SSSR count). The van der Waals surface area contributed by atoms with Crippen molar-refractivity contribution in [3.8, 4) is 0 Å². The molecule has 1 aromatic heterocycles. The van der Waals surface area contributed by atoms with Gasteiger partial charge in [-0.15, -0.1) is 0 Å². The number of aromatic nitrogens is 2. The van der Waals surface area contributed by atoms with Crippen LogP contribution in [0.2, 0.25) is 0 Å². The molecule has 0 fully saturated rings. The van der Waals surface area contributed by atoms with Gasteiger partial charge in [-0.3, -0.25) is 0 Å². The molecule has 0 bridgehead atoms. The Kier molecular flexibility index (Phi) is 2.95. The molecule has 0 saturated carbocycles. The van der Waals surface area contributed by atoms with Crippen molar-refractivity contribution < 1.29 is 0 Å². The quantitative estimate of drug-likeness (QED) is 0.484. The standard InChI is InChI=1S/C5H7N2PS/c1-8-9-5-6-3-2-4-7-5/h2-4,8H,1H3. The third-order valence-electron chi connectivity index (χ3n) is 0.735. The van der Waals surface area contributed by atoms with Gasteiger partial charge in [0.05, 0.1) is 0 Å². The molecular weight excluding hydrogens is 151 g/mol. The zero-order valence-corrected chi connectivity index (χ0v) is 6.85. The number of hydrogen-bond acceptors (Lipinski definition) is 3. The van der Waals surface area contributed by atoms with Crippen molar-refractivity contribution in [2.45, 2.75) is 5.16 Å². The summed E-state index contributed by atoms with van der Waals surface area (Å²) in [4.78, 5) is 8.05. The molecule has 0 spiro atoms. The maximum atomic E-state index is 4.03. The van der Waals surface area contributed by atoms with Crippen molar-refractivity contribution in [2.24, 2.45) is 0 Å². The summed E-state index contributed by atoms with van der Waals surface area (Å²) in [7, 11) is 0.827. The summed E-state index contributed by atoms with van der Waals surface area (Å²) < 4.78 is 0. The third kappa shape index (κ3) is 2.29. The molecule has 0 N–H and O–H groups in total. The minimum absolute atomic E-state index is 0.827. The highest BCUT2D eigenvalue weighted by Crippen LogP contribution is 2.29. The van der Waals surface area contributed by atoms with E-state index < -0.39 is 0 Å². The highest BCUT2D eigenvalue weighted by molar-refractivity contribution is 8.49. The van der Waals surface area contributed by atoms with Crippen LogP contribution in [-0.4, -0.2) is 16.6 Å². The molecular formula is C5H7N2PS. The van der Waals surface area contributed by atoms with Gasteiger partial charge in [0.1, 0.15) is 0 Å². The lowest BCUT2D eigenvalue weighted by molar-refractivity contribution is 0.973. The molecule has 9 heavy (non-hydrogen) atoms. The smallest absolute Gasteiger partial charge is 0.191 e. The minimum atomic E-state index is 0.827. The van der Waals surface area contributed by atoms with Gasteiger partial charge < -0.3 is 0 Å². The van der Waals surface area contributed by atoms with Gasteiger partial charge in [-0.1, -0.05) is 19.2 Å². The van der Waals surface area contributed by atoms with Crippen molar-refractivity contribution in [1.82, 2.24) is 9.97 Å². The van der Waals surface area contributed by atoms with Gasteiger partial charge >= 0.3 is 0 Å². The first-order chi connectivity index (χ1) is 4.43. The van der Waals surface area contributed by atoms with Crippen molar-refractivity contribution >= 4 is 19.2 Å². The maximum Gasteiger partial charge on any atom is 0.191 e. The molecule has 0 aliphatic rings. The molecule has 4 heteroatoms. The van der Waals surface area contributed by atoms with Gasteiger partial charge in [-0.25, -0.2) is 9.97 Å². The molecule has 0 aliphatic carbocycles. The van der Waals surface area contributed by atoms with E-state index in [1.165, 1.54) is 0 Å². The summed E-state index contributed by atoms with van der Waals surface area (Å²) in [6.07, 6.45) is 3.52. The van der Waals surface area contributed by atoms with E-state index in [-0.39, 0.29) is 0 Å². The topological polar surface area (TPSA) is 25.8 Å². The Bertz CT molecular complexity index is 168. The van der Waals surface area contributed by atoms with Crippen LogP contribution in [0.4, 0.5) is 0 Å². The molecule has 0 aromatic carbocycles. The number of nitrogens with zero attached hydrogens (tertiary/aromatic N) is 2. The van der Waals surface area contributed by atoms with E-state index in [0.717, 1.165) is 12.9 Å². The molecule has 1 unspecified atom stereocenters. The third-order valence-corrected chi connectivity index (χ3v) is 2.49. The van der Waals surface area contributed by atoms with Gasteiger partial charge in [0, 0.05) is 12.4 Å². The van der Waals surface area contributed by atoms with Gasteiger partial charge in [-0.2, -0.15) is 0 Å². The van der Waals surface area contributed by atoms with Gasteiger partial charge in [0.2, 0.25) is 0 Å². The summed E-state index contributed by atoms with van der Waals surface area (Å²) in [6, 6.07) is 1.82. The average Bonchev–Trinajstić information content (AvgIpc) is 1.91. The predicted molar refractivity (Wildman–Crippen MR) is 42.1 cm³/mol. The van der Waals surface area contributed by atoms with Crippen LogP contribution < -0.4 is 0 Å². The Morgan fingerprint density at radius 1 is 1.44 bits per heavy atom. The molecule has 1 aromatic rings. The van der Waals surface area contributed by atoms with Crippen LogP contribution in [0.5, 0.6) is 0 Å². The molecule has 1 heterocycles. The zero-order chi connectivity index (χ0) is 6.53. The van der Waals surface area contributed by atoms with Crippen molar-refractivity contribution in [2.75, 3.05) is 6.66 Å². The fraction of sp³-hybridized carbons (Fsp3) is 0.200. The molecule has 48 valence electrons. The molecule has 0 amide bonds. The summed E-state index contributed by atoms with van der Waals surface area (Å²) in [6.45, 7) is 2.11. The van der Waals surface area contributed by atoms with E-state index in [9.17, 15) is 0 Å².